The molecule has 0 bridgehead atoms. The number of hydrogen-bond donors (Lipinski definition) is 1. The maximum absolute atomic E-state index is 9.35. The smallest absolute Gasteiger partial charge is 0.118 e. The zero-order chi connectivity index (χ0) is 9.84. The standard InChI is InChI=1S/C11H17NO/c1-4-12(5-2)10-6-7-11(13)9(3)8-10/h6-8,13H,4-5H2,1-3H3. The lowest BCUT2D eigenvalue weighted by atomic mass is 10.2. The Labute approximate surface area is 79.8 Å². The minimum atomic E-state index is 0.371. The summed E-state index contributed by atoms with van der Waals surface area (Å²) in [6.07, 6.45) is 0. The number of rotatable bonds is 3. The Morgan fingerprint density at radius 1 is 1.23 bits per heavy atom. The van der Waals surface area contributed by atoms with Crippen LogP contribution in [-0.4, -0.2) is 18.2 Å². The molecule has 0 aromatic heterocycles. The van der Waals surface area contributed by atoms with Crippen molar-refractivity contribution in [3.05, 3.63) is 23.8 Å². The number of nitrogens with zero attached hydrogens (tertiary/aromatic N) is 1. The van der Waals surface area contributed by atoms with Gasteiger partial charge >= 0.3 is 0 Å². The minimum absolute atomic E-state index is 0.371. The van der Waals surface area contributed by atoms with Crippen molar-refractivity contribution in [1.29, 1.82) is 0 Å². The van der Waals surface area contributed by atoms with Crippen molar-refractivity contribution in [1.82, 2.24) is 0 Å². The molecule has 2 heteroatoms. The van der Waals surface area contributed by atoms with Crippen molar-refractivity contribution in [2.75, 3.05) is 18.0 Å². The van der Waals surface area contributed by atoms with E-state index >= 15 is 0 Å². The van der Waals surface area contributed by atoms with Crippen LogP contribution in [0.2, 0.25) is 0 Å². The molecule has 0 fully saturated rings. The molecule has 0 saturated heterocycles. The Hall–Kier alpha value is -1.18. The van der Waals surface area contributed by atoms with Crippen LogP contribution in [0.5, 0.6) is 5.75 Å². The van der Waals surface area contributed by atoms with Crippen LogP contribution in [0.3, 0.4) is 0 Å². The summed E-state index contributed by atoms with van der Waals surface area (Å²) in [5.74, 6) is 0.371. The first-order valence-electron chi connectivity index (χ1n) is 4.73. The molecular weight excluding hydrogens is 162 g/mol. The van der Waals surface area contributed by atoms with Gasteiger partial charge in [0.05, 0.1) is 0 Å². The molecule has 1 rings (SSSR count). The zero-order valence-corrected chi connectivity index (χ0v) is 8.54. The van der Waals surface area contributed by atoms with Crippen LogP contribution in [0.15, 0.2) is 18.2 Å². The normalized spacial score (nSPS) is 10.1. The average molecular weight is 179 g/mol. The summed E-state index contributed by atoms with van der Waals surface area (Å²) in [6, 6.07) is 5.72. The molecular formula is C11H17NO. The molecule has 0 amide bonds. The van der Waals surface area contributed by atoms with Crippen molar-refractivity contribution >= 4 is 5.69 Å². The highest BCUT2D eigenvalue weighted by atomic mass is 16.3. The molecule has 0 spiro atoms. The van der Waals surface area contributed by atoms with E-state index in [1.165, 1.54) is 5.69 Å². The molecule has 0 saturated carbocycles. The Morgan fingerprint density at radius 3 is 2.31 bits per heavy atom. The lowest BCUT2D eigenvalue weighted by molar-refractivity contribution is 0.471. The Balaban J connectivity index is 2.95. The van der Waals surface area contributed by atoms with Crippen molar-refractivity contribution in [2.24, 2.45) is 0 Å². The van der Waals surface area contributed by atoms with E-state index in [9.17, 15) is 5.11 Å². The van der Waals surface area contributed by atoms with Crippen molar-refractivity contribution < 1.29 is 5.11 Å². The molecule has 0 aliphatic rings. The largest absolute Gasteiger partial charge is 0.508 e. The van der Waals surface area contributed by atoms with E-state index in [1.807, 2.05) is 19.1 Å². The highest BCUT2D eigenvalue weighted by molar-refractivity contribution is 5.52. The summed E-state index contributed by atoms with van der Waals surface area (Å²) < 4.78 is 0. The fraction of sp³-hybridized carbons (Fsp3) is 0.455. The van der Waals surface area contributed by atoms with E-state index < -0.39 is 0 Å². The van der Waals surface area contributed by atoms with Gasteiger partial charge in [-0.25, -0.2) is 0 Å². The predicted octanol–water partition coefficient (Wildman–Crippen LogP) is 2.55. The average Bonchev–Trinajstić information content (AvgIpc) is 2.13. The number of aromatic hydroxyl groups is 1. The van der Waals surface area contributed by atoms with Crippen LogP contribution in [0.1, 0.15) is 19.4 Å². The number of aryl methyl sites for hydroxylation is 1. The van der Waals surface area contributed by atoms with Crippen LogP contribution >= 0.6 is 0 Å². The first kappa shape index (κ1) is 9.90. The zero-order valence-electron chi connectivity index (χ0n) is 8.54. The summed E-state index contributed by atoms with van der Waals surface area (Å²) in [5.41, 5.74) is 2.12. The highest BCUT2D eigenvalue weighted by Gasteiger charge is 2.03. The van der Waals surface area contributed by atoms with Gasteiger partial charge in [0.1, 0.15) is 5.75 Å². The molecule has 0 atom stereocenters. The fourth-order valence-corrected chi connectivity index (χ4v) is 1.43. The Bertz CT molecular complexity index is 279. The third-order valence-electron chi connectivity index (χ3n) is 2.31. The topological polar surface area (TPSA) is 23.5 Å². The SMILES string of the molecule is CCN(CC)c1ccc(O)c(C)c1. The van der Waals surface area contributed by atoms with Gasteiger partial charge in [-0.1, -0.05) is 0 Å². The summed E-state index contributed by atoms with van der Waals surface area (Å²) in [6.45, 7) is 8.18. The monoisotopic (exact) mass is 179 g/mol. The summed E-state index contributed by atoms with van der Waals surface area (Å²) in [5, 5.41) is 9.35. The summed E-state index contributed by atoms with van der Waals surface area (Å²) in [4.78, 5) is 2.26. The maximum atomic E-state index is 9.35. The molecule has 0 aliphatic carbocycles. The molecule has 1 aromatic carbocycles. The number of phenolic OH excluding ortho intramolecular Hbond substituents is 1. The second kappa shape index (κ2) is 4.17. The van der Waals surface area contributed by atoms with Gasteiger partial charge in [0, 0.05) is 18.8 Å². The number of hydrogen-bond acceptors (Lipinski definition) is 2. The van der Waals surface area contributed by atoms with E-state index in [2.05, 4.69) is 18.7 Å². The molecule has 0 radical (unpaired) electrons. The predicted molar refractivity (Wildman–Crippen MR) is 56.4 cm³/mol. The number of benzene rings is 1. The molecule has 1 N–H and O–H groups in total. The number of anilines is 1. The van der Waals surface area contributed by atoms with Crippen LogP contribution in [0.25, 0.3) is 0 Å². The van der Waals surface area contributed by atoms with Crippen molar-refractivity contribution in [3.63, 3.8) is 0 Å². The van der Waals surface area contributed by atoms with E-state index in [0.717, 1.165) is 18.7 Å². The third kappa shape index (κ3) is 2.14. The molecule has 0 aliphatic heterocycles. The van der Waals surface area contributed by atoms with Gasteiger partial charge in [0.2, 0.25) is 0 Å². The van der Waals surface area contributed by atoms with Gasteiger partial charge < -0.3 is 10.0 Å². The van der Waals surface area contributed by atoms with E-state index in [-0.39, 0.29) is 0 Å². The quantitative estimate of drug-likeness (QED) is 0.770. The second-order valence-corrected chi connectivity index (χ2v) is 3.14. The maximum Gasteiger partial charge on any atom is 0.118 e. The molecule has 2 nitrogen and oxygen atoms in total. The van der Waals surface area contributed by atoms with Crippen LogP contribution in [0, 0.1) is 6.92 Å². The Morgan fingerprint density at radius 2 is 1.85 bits per heavy atom. The first-order chi connectivity index (χ1) is 6.19. The molecule has 13 heavy (non-hydrogen) atoms. The minimum Gasteiger partial charge on any atom is -0.508 e. The van der Waals surface area contributed by atoms with Crippen LogP contribution in [-0.2, 0) is 0 Å². The molecule has 1 aromatic rings. The van der Waals surface area contributed by atoms with E-state index in [1.54, 1.807) is 6.07 Å². The van der Waals surface area contributed by atoms with Crippen molar-refractivity contribution in [3.8, 4) is 5.75 Å². The molecule has 0 heterocycles. The van der Waals surface area contributed by atoms with Crippen LogP contribution in [0.4, 0.5) is 5.69 Å². The van der Waals surface area contributed by atoms with Gasteiger partial charge in [-0.15, -0.1) is 0 Å². The van der Waals surface area contributed by atoms with E-state index in [4.69, 9.17) is 0 Å². The Kier molecular flexibility index (Phi) is 3.18. The van der Waals surface area contributed by atoms with Gasteiger partial charge in [-0.3, -0.25) is 0 Å². The molecule has 0 unspecified atom stereocenters. The van der Waals surface area contributed by atoms with Gasteiger partial charge in [-0.05, 0) is 44.5 Å². The van der Waals surface area contributed by atoms with Gasteiger partial charge in [0.25, 0.3) is 0 Å². The third-order valence-corrected chi connectivity index (χ3v) is 2.31. The summed E-state index contributed by atoms with van der Waals surface area (Å²) >= 11 is 0. The molecule has 72 valence electrons. The highest BCUT2D eigenvalue weighted by Crippen LogP contribution is 2.22. The lowest BCUT2D eigenvalue weighted by Gasteiger charge is -2.21. The van der Waals surface area contributed by atoms with E-state index in [0.29, 0.717) is 5.75 Å². The van der Waals surface area contributed by atoms with Crippen molar-refractivity contribution in [2.45, 2.75) is 20.8 Å². The fourth-order valence-electron chi connectivity index (χ4n) is 1.43. The van der Waals surface area contributed by atoms with Crippen LogP contribution < -0.4 is 4.90 Å². The van der Waals surface area contributed by atoms with Gasteiger partial charge in [-0.2, -0.15) is 0 Å². The first-order valence-corrected chi connectivity index (χ1v) is 4.73. The second-order valence-electron chi connectivity index (χ2n) is 3.14. The van der Waals surface area contributed by atoms with Gasteiger partial charge in [0.15, 0.2) is 0 Å². The lowest BCUT2D eigenvalue weighted by Crippen LogP contribution is -2.21. The number of phenols is 1. The summed E-state index contributed by atoms with van der Waals surface area (Å²) in [7, 11) is 0.